The summed E-state index contributed by atoms with van der Waals surface area (Å²) in [6, 6.07) is 9.34. The molecule has 2 aromatic carbocycles. The van der Waals surface area contributed by atoms with E-state index in [0.29, 0.717) is 5.56 Å². The summed E-state index contributed by atoms with van der Waals surface area (Å²) in [6.07, 6.45) is 0. The maximum atomic E-state index is 12.6. The number of nitro benzene ring substituents is 1. The Labute approximate surface area is 131 Å². The zero-order chi connectivity index (χ0) is 16.7. The fraction of sp³-hybridized carbons (Fsp3) is 0.125. The van der Waals surface area contributed by atoms with E-state index in [1.165, 1.54) is 25.3 Å². The summed E-state index contributed by atoms with van der Waals surface area (Å²) in [5.41, 5.74) is 0.442. The summed E-state index contributed by atoms with van der Waals surface area (Å²) in [6.45, 7) is 1.60. The molecule has 116 valence electrons. The molecular weight excluding hydrogens is 300 g/mol. The Morgan fingerprint density at radius 3 is 2.09 bits per heavy atom. The van der Waals surface area contributed by atoms with Crippen LogP contribution in [0.2, 0.25) is 0 Å². The second-order valence-electron chi connectivity index (χ2n) is 5.03. The largest absolute Gasteiger partial charge is 0.490 e. The number of amides is 2. The number of methoxy groups -OCH3 is 1. The van der Waals surface area contributed by atoms with Crippen LogP contribution >= 0.6 is 0 Å². The van der Waals surface area contributed by atoms with Crippen molar-refractivity contribution < 1.29 is 19.2 Å². The van der Waals surface area contributed by atoms with Crippen molar-refractivity contribution in [3.05, 3.63) is 63.2 Å². The summed E-state index contributed by atoms with van der Waals surface area (Å²) in [4.78, 5) is 36.8. The molecule has 23 heavy (non-hydrogen) atoms. The maximum absolute atomic E-state index is 12.6. The normalized spacial score (nSPS) is 13.2. The molecule has 0 atom stereocenters. The van der Waals surface area contributed by atoms with E-state index in [4.69, 9.17) is 4.74 Å². The van der Waals surface area contributed by atoms with Crippen LogP contribution in [0.15, 0.2) is 36.4 Å². The SMILES string of the molecule is COc1ccc(C)c(N2C(=O)c3ccccc3C2=O)c1[N+](=O)[O-]. The first-order chi connectivity index (χ1) is 11.0. The lowest BCUT2D eigenvalue weighted by Gasteiger charge is -2.17. The highest BCUT2D eigenvalue weighted by atomic mass is 16.6. The number of rotatable bonds is 3. The number of imide groups is 1. The highest BCUT2D eigenvalue weighted by Gasteiger charge is 2.41. The Balaban J connectivity index is 2.27. The minimum absolute atomic E-state index is 0.00726. The average molecular weight is 312 g/mol. The number of carbonyl (C=O) groups excluding carboxylic acids is 2. The van der Waals surface area contributed by atoms with Crippen molar-refractivity contribution >= 4 is 23.2 Å². The minimum Gasteiger partial charge on any atom is -0.490 e. The first-order valence-electron chi connectivity index (χ1n) is 6.77. The summed E-state index contributed by atoms with van der Waals surface area (Å²) in [7, 11) is 1.30. The molecule has 0 saturated carbocycles. The van der Waals surface area contributed by atoms with Gasteiger partial charge in [-0.05, 0) is 30.7 Å². The molecule has 7 nitrogen and oxygen atoms in total. The number of aryl methyl sites for hydroxylation is 1. The van der Waals surface area contributed by atoms with Gasteiger partial charge in [-0.1, -0.05) is 18.2 Å². The Bertz CT molecular complexity index is 825. The number of benzene rings is 2. The van der Waals surface area contributed by atoms with E-state index in [1.807, 2.05) is 0 Å². The molecule has 0 bridgehead atoms. The molecule has 0 aromatic heterocycles. The lowest BCUT2D eigenvalue weighted by molar-refractivity contribution is -0.385. The summed E-state index contributed by atoms with van der Waals surface area (Å²) in [5, 5.41) is 11.5. The van der Waals surface area contributed by atoms with Gasteiger partial charge in [-0.2, -0.15) is 0 Å². The third kappa shape index (κ3) is 2.05. The molecule has 0 N–H and O–H groups in total. The van der Waals surface area contributed by atoms with Gasteiger partial charge < -0.3 is 4.74 Å². The number of hydrogen-bond acceptors (Lipinski definition) is 5. The lowest BCUT2D eigenvalue weighted by atomic mass is 10.1. The first kappa shape index (κ1) is 14.7. The van der Waals surface area contributed by atoms with E-state index in [2.05, 4.69) is 0 Å². The molecule has 2 aromatic rings. The first-order valence-corrected chi connectivity index (χ1v) is 6.77. The molecule has 3 rings (SSSR count). The predicted octanol–water partition coefficient (Wildman–Crippen LogP) is 2.71. The number of carbonyl (C=O) groups is 2. The molecular formula is C16H12N2O5. The molecule has 0 saturated heterocycles. The number of nitrogens with zero attached hydrogens (tertiary/aromatic N) is 2. The molecule has 0 unspecified atom stereocenters. The van der Waals surface area contributed by atoms with Crippen molar-refractivity contribution in [3.8, 4) is 5.75 Å². The van der Waals surface area contributed by atoms with Crippen molar-refractivity contribution in [2.45, 2.75) is 6.92 Å². The van der Waals surface area contributed by atoms with Crippen molar-refractivity contribution in [3.63, 3.8) is 0 Å². The Kier molecular flexibility index (Phi) is 3.33. The van der Waals surface area contributed by atoms with E-state index in [0.717, 1.165) is 4.90 Å². The summed E-state index contributed by atoms with van der Waals surface area (Å²) < 4.78 is 5.02. The topological polar surface area (TPSA) is 89.8 Å². The quantitative estimate of drug-likeness (QED) is 0.494. The Morgan fingerprint density at radius 1 is 1.04 bits per heavy atom. The van der Waals surface area contributed by atoms with Gasteiger partial charge in [-0.15, -0.1) is 0 Å². The molecule has 0 radical (unpaired) electrons. The molecule has 1 aliphatic heterocycles. The van der Waals surface area contributed by atoms with Gasteiger partial charge in [-0.3, -0.25) is 19.7 Å². The van der Waals surface area contributed by atoms with Crippen molar-refractivity contribution in [2.75, 3.05) is 12.0 Å². The van der Waals surface area contributed by atoms with Gasteiger partial charge in [0.2, 0.25) is 0 Å². The third-order valence-corrected chi connectivity index (χ3v) is 3.74. The van der Waals surface area contributed by atoms with Crippen LogP contribution in [-0.4, -0.2) is 23.8 Å². The van der Waals surface area contributed by atoms with Gasteiger partial charge >= 0.3 is 5.69 Å². The number of ether oxygens (including phenoxy) is 1. The zero-order valence-electron chi connectivity index (χ0n) is 12.4. The molecule has 0 fully saturated rings. The number of hydrogen-bond donors (Lipinski definition) is 0. The van der Waals surface area contributed by atoms with Gasteiger partial charge in [-0.25, -0.2) is 4.90 Å². The number of anilines is 1. The van der Waals surface area contributed by atoms with E-state index in [1.54, 1.807) is 25.1 Å². The van der Waals surface area contributed by atoms with Crippen molar-refractivity contribution in [2.24, 2.45) is 0 Å². The van der Waals surface area contributed by atoms with Crippen LogP contribution in [-0.2, 0) is 0 Å². The van der Waals surface area contributed by atoms with Crippen LogP contribution in [0, 0.1) is 17.0 Å². The molecule has 1 aliphatic rings. The zero-order valence-corrected chi connectivity index (χ0v) is 12.4. The molecule has 7 heteroatoms. The number of fused-ring (bicyclic) bond motifs is 1. The van der Waals surface area contributed by atoms with Gasteiger partial charge in [0.25, 0.3) is 11.8 Å². The van der Waals surface area contributed by atoms with E-state index in [9.17, 15) is 19.7 Å². The van der Waals surface area contributed by atoms with Crippen LogP contribution < -0.4 is 9.64 Å². The van der Waals surface area contributed by atoms with Crippen LogP contribution in [0.5, 0.6) is 5.75 Å². The fourth-order valence-electron chi connectivity index (χ4n) is 2.68. The van der Waals surface area contributed by atoms with Crippen molar-refractivity contribution in [1.29, 1.82) is 0 Å². The fourth-order valence-corrected chi connectivity index (χ4v) is 2.68. The van der Waals surface area contributed by atoms with Crippen LogP contribution in [0.1, 0.15) is 26.3 Å². The molecule has 0 aliphatic carbocycles. The van der Waals surface area contributed by atoms with Gasteiger partial charge in [0.05, 0.1) is 23.2 Å². The van der Waals surface area contributed by atoms with Crippen LogP contribution in [0.25, 0.3) is 0 Å². The lowest BCUT2D eigenvalue weighted by Crippen LogP contribution is -2.30. The number of nitro groups is 1. The van der Waals surface area contributed by atoms with E-state index in [-0.39, 0.29) is 22.6 Å². The smallest absolute Gasteiger partial charge is 0.335 e. The standard InChI is InChI=1S/C16H12N2O5/c1-9-7-8-12(23-2)14(18(21)22)13(9)17-15(19)10-5-3-4-6-11(10)16(17)20/h3-8H,1-2H3. The maximum Gasteiger partial charge on any atom is 0.335 e. The van der Waals surface area contributed by atoms with Crippen LogP contribution in [0.4, 0.5) is 11.4 Å². The highest BCUT2D eigenvalue weighted by Crippen LogP contribution is 2.42. The van der Waals surface area contributed by atoms with E-state index >= 15 is 0 Å². The Hall–Kier alpha value is -3.22. The third-order valence-electron chi connectivity index (χ3n) is 3.74. The summed E-state index contributed by atoms with van der Waals surface area (Å²) in [5.74, 6) is -1.16. The monoisotopic (exact) mass is 312 g/mol. The summed E-state index contributed by atoms with van der Waals surface area (Å²) >= 11 is 0. The van der Waals surface area contributed by atoms with Gasteiger partial charge in [0.15, 0.2) is 5.75 Å². The second kappa shape index (κ2) is 5.20. The predicted molar refractivity (Wildman–Crippen MR) is 82.0 cm³/mol. The second-order valence-corrected chi connectivity index (χ2v) is 5.03. The minimum atomic E-state index is -0.648. The molecule has 2 amide bonds. The van der Waals surface area contributed by atoms with Gasteiger partial charge in [0.1, 0.15) is 5.69 Å². The average Bonchev–Trinajstić information content (AvgIpc) is 2.79. The molecule has 0 spiro atoms. The van der Waals surface area contributed by atoms with Crippen LogP contribution in [0.3, 0.4) is 0 Å². The van der Waals surface area contributed by atoms with Gasteiger partial charge in [0, 0.05) is 0 Å². The Morgan fingerprint density at radius 2 is 1.61 bits per heavy atom. The highest BCUT2D eigenvalue weighted by molar-refractivity contribution is 6.35. The van der Waals surface area contributed by atoms with Crippen molar-refractivity contribution in [1.82, 2.24) is 0 Å². The molecule has 1 heterocycles. The van der Waals surface area contributed by atoms with E-state index < -0.39 is 22.4 Å².